The average molecular weight is 1200 g/mol. The van der Waals surface area contributed by atoms with Crippen LogP contribution in [0.2, 0.25) is 0 Å². The van der Waals surface area contributed by atoms with Crippen LogP contribution in [0.15, 0.2) is 121 Å². The van der Waals surface area contributed by atoms with E-state index in [4.69, 9.17) is 56.8 Å². The lowest BCUT2D eigenvalue weighted by Gasteiger charge is -2.36. The Morgan fingerprint density at radius 3 is 1.31 bits per heavy atom. The molecule has 8 unspecified atom stereocenters. The van der Waals surface area contributed by atoms with Gasteiger partial charge in [-0.25, -0.2) is 0 Å². The van der Waals surface area contributed by atoms with Gasteiger partial charge in [0.05, 0.1) is 39.6 Å². The summed E-state index contributed by atoms with van der Waals surface area (Å²) in [6.07, 6.45) is 8.58. The molecule has 6 aromatic rings. The third-order valence-electron chi connectivity index (χ3n) is 19.2. The number of ether oxygens (including phenoxy) is 12. The van der Waals surface area contributed by atoms with Gasteiger partial charge in [-0.2, -0.15) is 0 Å². The van der Waals surface area contributed by atoms with E-state index >= 15 is 0 Å². The second-order valence-corrected chi connectivity index (χ2v) is 27.5. The molecule has 0 saturated carbocycles. The highest BCUT2D eigenvalue weighted by molar-refractivity contribution is 5.54. The zero-order chi connectivity index (χ0) is 61.0. The molecule has 0 aliphatic carbocycles. The molecule has 0 N–H and O–H groups in total. The van der Waals surface area contributed by atoms with Crippen molar-refractivity contribution in [2.24, 2.45) is 0 Å². The first kappa shape index (κ1) is 62.1. The molecule has 0 bridgehead atoms. The topological polar surface area (TPSA) is 131 Å². The zero-order valence-corrected chi connectivity index (χ0v) is 53.6. The molecule has 12 nitrogen and oxygen atoms in total. The molecule has 12 heteroatoms. The number of hydrogen-bond donors (Lipinski definition) is 0. The van der Waals surface area contributed by atoms with Crippen LogP contribution in [0.3, 0.4) is 0 Å². The molecule has 6 aromatic carbocycles. The van der Waals surface area contributed by atoms with Crippen LogP contribution in [0.1, 0.15) is 162 Å². The molecule has 0 radical (unpaired) electrons. The number of epoxide rings is 6. The fourth-order valence-corrected chi connectivity index (χ4v) is 12.6. The minimum Gasteiger partial charge on any atom is -0.491 e. The van der Waals surface area contributed by atoms with E-state index in [9.17, 15) is 0 Å². The standard InChI is InChI=1S/C76H94O12/c1-10-12-14-50(32-51-34-59(79-40-63-44-83-63)25-27-68(51)74(5,6)54-17-23-58(24-18-54)78-39-62-43-82-62)67-36-60(80-41-64-45-84-64)26-28-69(67)75(7,8)55-19-29-71(87-48-65-46-85-65)52(33-55)37-76(9,31-13-11-2)70-35-56(20-30-72(70)88-49-66-47-86-66)73(3,4)53-15-21-57(22-16-53)77-38-61-42-81-61/h15-30,33-36,50,61-66H,10-14,31-32,37-49H2,1-9H3. The van der Waals surface area contributed by atoms with Gasteiger partial charge in [0, 0.05) is 27.2 Å². The summed E-state index contributed by atoms with van der Waals surface area (Å²) in [5.41, 5.74) is 10.9. The van der Waals surface area contributed by atoms with Crippen LogP contribution in [0, 0.1) is 0 Å². The summed E-state index contributed by atoms with van der Waals surface area (Å²) in [6, 6.07) is 44.8. The predicted octanol–water partition coefficient (Wildman–Crippen LogP) is 14.5. The predicted molar refractivity (Wildman–Crippen MR) is 343 cm³/mol. The first-order valence-electron chi connectivity index (χ1n) is 32.8. The maximum atomic E-state index is 6.85. The quantitative estimate of drug-likeness (QED) is 0.0347. The first-order chi connectivity index (χ1) is 42.5. The molecule has 0 aromatic heterocycles. The number of benzene rings is 6. The molecule has 0 spiro atoms. The highest BCUT2D eigenvalue weighted by Crippen LogP contribution is 2.48. The van der Waals surface area contributed by atoms with Crippen molar-refractivity contribution < 1.29 is 56.8 Å². The van der Waals surface area contributed by atoms with Crippen LogP contribution in [-0.2, 0) is 62.9 Å². The van der Waals surface area contributed by atoms with E-state index in [-0.39, 0.29) is 58.8 Å². The molecule has 6 saturated heterocycles. The Bertz CT molecular complexity index is 3290. The lowest BCUT2D eigenvalue weighted by molar-refractivity contribution is 0.252. The molecule has 6 heterocycles. The van der Waals surface area contributed by atoms with Gasteiger partial charge >= 0.3 is 0 Å². The zero-order valence-electron chi connectivity index (χ0n) is 53.6. The van der Waals surface area contributed by atoms with Gasteiger partial charge in [0.1, 0.15) is 111 Å². The van der Waals surface area contributed by atoms with Crippen molar-refractivity contribution in [3.8, 4) is 34.5 Å². The largest absolute Gasteiger partial charge is 0.491 e. The molecule has 12 rings (SSSR count). The first-order valence-corrected chi connectivity index (χ1v) is 32.8. The normalized spacial score (nSPS) is 21.8. The third-order valence-corrected chi connectivity index (χ3v) is 19.2. The Kier molecular flexibility index (Phi) is 18.9. The average Bonchev–Trinajstić information content (AvgIpc) is 1.33. The number of rotatable bonds is 36. The fourth-order valence-electron chi connectivity index (χ4n) is 12.6. The molecule has 88 heavy (non-hydrogen) atoms. The van der Waals surface area contributed by atoms with Crippen molar-refractivity contribution in [2.75, 3.05) is 79.3 Å². The highest BCUT2D eigenvalue weighted by atomic mass is 16.6. The number of hydrogen-bond acceptors (Lipinski definition) is 12. The minimum absolute atomic E-state index is 0.0971. The van der Waals surface area contributed by atoms with Gasteiger partial charge in [0.15, 0.2) is 0 Å². The smallest absolute Gasteiger partial charge is 0.123 e. The molecular formula is C76H94O12. The SMILES string of the molecule is CCCCC(Cc1cc(OCC2CO2)ccc1C(C)(C)c1ccc(OCC2CO2)cc1)c1cc(OCC2CO2)ccc1C(C)(C)c1ccc(OCC2CO2)c(CC(C)(CCCC)c2cc(C(C)(C)c3ccc(OCC4CO4)cc3)ccc2OCC2CO2)c1. The summed E-state index contributed by atoms with van der Waals surface area (Å²) in [5, 5.41) is 0. The number of unbranched alkanes of at least 4 members (excludes halogenated alkanes) is 2. The van der Waals surface area contributed by atoms with E-state index in [2.05, 4.69) is 184 Å². The van der Waals surface area contributed by atoms with Crippen molar-refractivity contribution >= 4 is 0 Å². The molecule has 6 fully saturated rings. The monoisotopic (exact) mass is 1200 g/mol. The highest BCUT2D eigenvalue weighted by Gasteiger charge is 2.38. The van der Waals surface area contributed by atoms with Crippen molar-refractivity contribution in [3.05, 3.63) is 177 Å². The summed E-state index contributed by atoms with van der Waals surface area (Å²) in [6.45, 7) is 28.8. The Morgan fingerprint density at radius 1 is 0.386 bits per heavy atom. The van der Waals surface area contributed by atoms with Crippen molar-refractivity contribution in [1.29, 1.82) is 0 Å². The molecule has 0 amide bonds. The van der Waals surface area contributed by atoms with E-state index < -0.39 is 5.41 Å². The van der Waals surface area contributed by atoms with Crippen LogP contribution in [0.25, 0.3) is 0 Å². The lowest BCUT2D eigenvalue weighted by Crippen LogP contribution is -2.29. The van der Waals surface area contributed by atoms with Crippen LogP contribution in [-0.4, -0.2) is 116 Å². The van der Waals surface area contributed by atoms with E-state index in [0.717, 1.165) is 119 Å². The van der Waals surface area contributed by atoms with Crippen LogP contribution in [0.4, 0.5) is 0 Å². The molecule has 6 aliphatic rings. The Morgan fingerprint density at radius 2 is 0.795 bits per heavy atom. The van der Waals surface area contributed by atoms with Crippen molar-refractivity contribution in [3.63, 3.8) is 0 Å². The van der Waals surface area contributed by atoms with E-state index in [1.165, 1.54) is 55.6 Å². The second-order valence-electron chi connectivity index (χ2n) is 27.5. The Hall–Kier alpha value is -6.12. The molecule has 8 atom stereocenters. The minimum atomic E-state index is -0.466. The second kappa shape index (κ2) is 26.8. The maximum Gasteiger partial charge on any atom is 0.123 e. The molecular weight excluding hydrogens is 1100 g/mol. The third kappa shape index (κ3) is 15.7. The van der Waals surface area contributed by atoms with Gasteiger partial charge < -0.3 is 56.8 Å². The molecule has 6 aliphatic heterocycles. The van der Waals surface area contributed by atoms with E-state index in [1.807, 2.05) is 0 Å². The Labute approximate surface area is 523 Å². The van der Waals surface area contributed by atoms with E-state index in [1.54, 1.807) is 0 Å². The summed E-state index contributed by atoms with van der Waals surface area (Å²) >= 11 is 0. The lowest BCUT2D eigenvalue weighted by atomic mass is 9.69. The molecule has 470 valence electrons. The van der Waals surface area contributed by atoms with Gasteiger partial charge in [-0.1, -0.05) is 149 Å². The fraction of sp³-hybridized carbons (Fsp3) is 0.526. The Balaban J connectivity index is 0.916. The van der Waals surface area contributed by atoms with Crippen LogP contribution < -0.4 is 28.4 Å². The van der Waals surface area contributed by atoms with Crippen molar-refractivity contribution in [1.82, 2.24) is 0 Å². The summed E-state index contributed by atoms with van der Waals surface area (Å²) < 4.78 is 72.6. The van der Waals surface area contributed by atoms with Gasteiger partial charge in [-0.15, -0.1) is 0 Å². The van der Waals surface area contributed by atoms with Gasteiger partial charge in [-0.05, 0) is 142 Å². The summed E-state index contributed by atoms with van der Waals surface area (Å²) in [5.74, 6) is 5.38. The van der Waals surface area contributed by atoms with Crippen LogP contribution >= 0.6 is 0 Å². The van der Waals surface area contributed by atoms with Gasteiger partial charge in [0.2, 0.25) is 0 Å². The maximum absolute atomic E-state index is 6.85. The summed E-state index contributed by atoms with van der Waals surface area (Å²) in [4.78, 5) is 0. The van der Waals surface area contributed by atoms with Crippen molar-refractivity contribution in [2.45, 2.75) is 178 Å². The van der Waals surface area contributed by atoms with Gasteiger partial charge in [0.25, 0.3) is 0 Å². The van der Waals surface area contributed by atoms with Crippen LogP contribution in [0.5, 0.6) is 34.5 Å². The van der Waals surface area contributed by atoms with E-state index in [0.29, 0.717) is 46.2 Å². The summed E-state index contributed by atoms with van der Waals surface area (Å²) in [7, 11) is 0. The van der Waals surface area contributed by atoms with Gasteiger partial charge in [-0.3, -0.25) is 0 Å².